The molecule has 0 saturated heterocycles. The molecule has 4 nitrogen and oxygen atoms in total. The highest BCUT2D eigenvalue weighted by Crippen LogP contribution is 2.26. The fourth-order valence-electron chi connectivity index (χ4n) is 2.22. The zero-order valence-electron chi connectivity index (χ0n) is 13.0. The lowest BCUT2D eigenvalue weighted by molar-refractivity contribution is 0.751. The summed E-state index contributed by atoms with van der Waals surface area (Å²) in [6.07, 6.45) is 2.99. The molecule has 0 spiro atoms. The molecule has 1 atom stereocenters. The average Bonchev–Trinajstić information content (AvgIpc) is 2.99. The quantitative estimate of drug-likeness (QED) is 0.754. The average molecular weight is 304 g/mol. The summed E-state index contributed by atoms with van der Waals surface area (Å²) in [5.74, 6) is 2.71. The fourth-order valence-corrected chi connectivity index (χ4v) is 3.08. The Labute approximate surface area is 131 Å². The molecule has 2 aromatic heterocycles. The van der Waals surface area contributed by atoms with Crippen LogP contribution in [0.5, 0.6) is 0 Å². The van der Waals surface area contributed by atoms with Gasteiger partial charge in [0.15, 0.2) is 0 Å². The van der Waals surface area contributed by atoms with Crippen LogP contribution < -0.4 is 10.6 Å². The zero-order chi connectivity index (χ0) is 15.1. The van der Waals surface area contributed by atoms with Crippen molar-refractivity contribution < 1.29 is 0 Å². The van der Waals surface area contributed by atoms with Crippen molar-refractivity contribution in [3.05, 3.63) is 34.3 Å². The zero-order valence-corrected chi connectivity index (χ0v) is 13.8. The summed E-state index contributed by atoms with van der Waals surface area (Å²) >= 11 is 1.78. The summed E-state index contributed by atoms with van der Waals surface area (Å²) in [6.45, 7) is 7.28. The van der Waals surface area contributed by atoms with Gasteiger partial charge in [0.25, 0.3) is 0 Å². The Hall–Kier alpha value is -1.62. The van der Waals surface area contributed by atoms with Crippen LogP contribution >= 0.6 is 11.3 Å². The first kappa shape index (κ1) is 15.8. The monoisotopic (exact) mass is 304 g/mol. The molecule has 0 saturated carbocycles. The smallest absolute Gasteiger partial charge is 0.133 e. The van der Waals surface area contributed by atoms with Crippen molar-refractivity contribution in [1.29, 1.82) is 0 Å². The number of anilines is 2. The predicted octanol–water partition coefficient (Wildman–Crippen LogP) is 4.49. The number of rotatable bonds is 8. The van der Waals surface area contributed by atoms with E-state index in [-0.39, 0.29) is 0 Å². The first-order valence-corrected chi connectivity index (χ1v) is 8.56. The van der Waals surface area contributed by atoms with Gasteiger partial charge in [-0.15, -0.1) is 11.3 Å². The fraction of sp³-hybridized carbons (Fsp3) is 0.500. The molecule has 0 radical (unpaired) electrons. The molecule has 0 aliphatic heterocycles. The van der Waals surface area contributed by atoms with E-state index in [2.05, 4.69) is 58.9 Å². The van der Waals surface area contributed by atoms with E-state index in [1.54, 1.807) is 11.3 Å². The number of aromatic nitrogens is 2. The topological polar surface area (TPSA) is 49.8 Å². The van der Waals surface area contributed by atoms with E-state index >= 15 is 0 Å². The molecule has 2 rings (SSSR count). The first-order valence-electron chi connectivity index (χ1n) is 7.68. The van der Waals surface area contributed by atoms with Crippen LogP contribution in [0, 0.1) is 0 Å². The summed E-state index contributed by atoms with van der Waals surface area (Å²) in [6, 6.07) is 6.57. The molecule has 2 aromatic rings. The van der Waals surface area contributed by atoms with Crippen LogP contribution in [-0.2, 0) is 6.42 Å². The van der Waals surface area contributed by atoms with Crippen LogP contribution in [0.15, 0.2) is 23.6 Å². The third-order valence-corrected chi connectivity index (χ3v) is 4.21. The minimum absolute atomic E-state index is 0.309. The Morgan fingerprint density at radius 3 is 2.62 bits per heavy atom. The van der Waals surface area contributed by atoms with Crippen molar-refractivity contribution >= 4 is 23.0 Å². The highest BCUT2D eigenvalue weighted by molar-refractivity contribution is 7.10. The molecule has 2 heterocycles. The summed E-state index contributed by atoms with van der Waals surface area (Å²) in [7, 11) is 0. The van der Waals surface area contributed by atoms with Crippen LogP contribution in [-0.4, -0.2) is 16.5 Å². The van der Waals surface area contributed by atoms with Crippen molar-refractivity contribution in [2.45, 2.75) is 46.1 Å². The Bertz CT molecular complexity index is 515. The number of nitrogens with zero attached hydrogens (tertiary/aromatic N) is 2. The number of hydrogen-bond acceptors (Lipinski definition) is 5. The van der Waals surface area contributed by atoms with E-state index in [1.165, 1.54) is 4.88 Å². The Balaban J connectivity index is 2.20. The van der Waals surface area contributed by atoms with Gasteiger partial charge in [-0.05, 0) is 31.2 Å². The molecule has 2 N–H and O–H groups in total. The van der Waals surface area contributed by atoms with Gasteiger partial charge in [-0.25, -0.2) is 9.97 Å². The van der Waals surface area contributed by atoms with E-state index in [4.69, 9.17) is 0 Å². The van der Waals surface area contributed by atoms with E-state index in [0.29, 0.717) is 6.04 Å². The number of nitrogens with one attached hydrogen (secondary N) is 2. The first-order chi connectivity index (χ1) is 10.3. The maximum Gasteiger partial charge on any atom is 0.133 e. The Kier molecular flexibility index (Phi) is 5.99. The molecule has 1 unspecified atom stereocenters. The molecule has 0 aliphatic carbocycles. The third-order valence-electron chi connectivity index (χ3n) is 3.22. The Morgan fingerprint density at radius 1 is 1.19 bits per heavy atom. The normalized spacial score (nSPS) is 12.1. The van der Waals surface area contributed by atoms with Crippen molar-refractivity contribution in [2.75, 3.05) is 17.2 Å². The summed E-state index contributed by atoms with van der Waals surface area (Å²) in [5, 5.41) is 8.95. The van der Waals surface area contributed by atoms with Crippen molar-refractivity contribution in [1.82, 2.24) is 9.97 Å². The third kappa shape index (κ3) is 4.43. The summed E-state index contributed by atoms with van der Waals surface area (Å²) < 4.78 is 0. The summed E-state index contributed by atoms with van der Waals surface area (Å²) in [4.78, 5) is 10.5. The number of aryl methyl sites for hydroxylation is 1. The van der Waals surface area contributed by atoms with Gasteiger partial charge in [0, 0.05) is 23.9 Å². The lowest BCUT2D eigenvalue weighted by atomic mass is 10.2. The molecular formula is C16H24N4S. The van der Waals surface area contributed by atoms with Crippen LogP contribution in [0.2, 0.25) is 0 Å². The maximum absolute atomic E-state index is 4.65. The molecule has 5 heteroatoms. The standard InChI is InChI=1S/C16H24N4S/c1-4-8-14-19-15(17-6-3)11-16(20-14)18-12(5-2)13-9-7-10-21-13/h7,9-12H,4-6,8H2,1-3H3,(H2,17,18,19,20). The second-order valence-electron chi connectivity index (χ2n) is 4.96. The molecule has 114 valence electrons. The van der Waals surface area contributed by atoms with Gasteiger partial charge in [-0.2, -0.15) is 0 Å². The van der Waals surface area contributed by atoms with Gasteiger partial charge in [0.05, 0.1) is 6.04 Å². The summed E-state index contributed by atoms with van der Waals surface area (Å²) in [5.41, 5.74) is 0. The molecule has 0 aliphatic rings. The number of thiophene rings is 1. The van der Waals surface area contributed by atoms with Crippen LogP contribution in [0.3, 0.4) is 0 Å². The van der Waals surface area contributed by atoms with E-state index < -0.39 is 0 Å². The van der Waals surface area contributed by atoms with E-state index in [9.17, 15) is 0 Å². The van der Waals surface area contributed by atoms with Gasteiger partial charge in [0.2, 0.25) is 0 Å². The number of hydrogen-bond donors (Lipinski definition) is 2. The lowest BCUT2D eigenvalue weighted by Gasteiger charge is -2.17. The van der Waals surface area contributed by atoms with Crippen molar-refractivity contribution in [3.8, 4) is 0 Å². The van der Waals surface area contributed by atoms with Crippen LogP contribution in [0.4, 0.5) is 11.6 Å². The van der Waals surface area contributed by atoms with Gasteiger partial charge in [0.1, 0.15) is 17.5 Å². The molecule has 0 fully saturated rings. The minimum atomic E-state index is 0.309. The van der Waals surface area contributed by atoms with E-state index in [0.717, 1.165) is 43.3 Å². The molecule has 0 bridgehead atoms. The Morgan fingerprint density at radius 2 is 2.00 bits per heavy atom. The van der Waals surface area contributed by atoms with E-state index in [1.807, 2.05) is 6.07 Å². The van der Waals surface area contributed by atoms with Gasteiger partial charge in [-0.1, -0.05) is 19.9 Å². The minimum Gasteiger partial charge on any atom is -0.370 e. The van der Waals surface area contributed by atoms with Crippen molar-refractivity contribution in [2.24, 2.45) is 0 Å². The molecular weight excluding hydrogens is 280 g/mol. The SMILES string of the molecule is CCCc1nc(NCC)cc(NC(CC)c2cccs2)n1. The van der Waals surface area contributed by atoms with Gasteiger partial charge in [-0.3, -0.25) is 0 Å². The molecule has 21 heavy (non-hydrogen) atoms. The lowest BCUT2D eigenvalue weighted by Crippen LogP contribution is -2.12. The maximum atomic E-state index is 4.65. The second-order valence-corrected chi connectivity index (χ2v) is 5.93. The van der Waals surface area contributed by atoms with Crippen LogP contribution in [0.1, 0.15) is 50.4 Å². The van der Waals surface area contributed by atoms with Crippen LogP contribution in [0.25, 0.3) is 0 Å². The highest BCUT2D eigenvalue weighted by atomic mass is 32.1. The largest absolute Gasteiger partial charge is 0.370 e. The molecule has 0 amide bonds. The van der Waals surface area contributed by atoms with Crippen molar-refractivity contribution in [3.63, 3.8) is 0 Å². The van der Waals surface area contributed by atoms with Gasteiger partial charge >= 0.3 is 0 Å². The predicted molar refractivity (Wildman–Crippen MR) is 91.2 cm³/mol. The molecule has 0 aromatic carbocycles. The second kappa shape index (κ2) is 7.98. The highest BCUT2D eigenvalue weighted by Gasteiger charge is 2.12. The van der Waals surface area contributed by atoms with Gasteiger partial charge < -0.3 is 10.6 Å².